The summed E-state index contributed by atoms with van der Waals surface area (Å²) in [4.78, 5) is 23.0. The molecule has 3 rings (SSSR count). The van der Waals surface area contributed by atoms with Crippen molar-refractivity contribution < 1.29 is 14.6 Å². The Hall–Kier alpha value is -3.44. The second-order valence-corrected chi connectivity index (χ2v) is 5.86. The second kappa shape index (κ2) is 7.42. The molecule has 0 aliphatic carbocycles. The highest BCUT2D eigenvalue weighted by atomic mass is 32.1. The molecule has 8 heteroatoms. The van der Waals surface area contributed by atoms with E-state index in [1.54, 1.807) is 30.4 Å². The molecule has 3 aromatic rings. The summed E-state index contributed by atoms with van der Waals surface area (Å²) < 4.78 is 5.50. The zero-order chi connectivity index (χ0) is 17.6. The van der Waals surface area contributed by atoms with E-state index in [1.807, 2.05) is 0 Å². The van der Waals surface area contributed by atoms with E-state index in [-0.39, 0.29) is 12.4 Å². The summed E-state index contributed by atoms with van der Waals surface area (Å²) in [5.74, 6) is 6.33. The molecule has 2 heterocycles. The van der Waals surface area contributed by atoms with E-state index in [9.17, 15) is 9.90 Å². The molecule has 0 fully saturated rings. The fourth-order valence-corrected chi connectivity index (χ4v) is 2.77. The van der Waals surface area contributed by atoms with Gasteiger partial charge in [0.05, 0.1) is 15.8 Å². The summed E-state index contributed by atoms with van der Waals surface area (Å²) in [7, 11) is 0. The molecule has 0 unspecified atom stereocenters. The number of aromatic hydroxyl groups is 1. The SMILES string of the molecule is NC(=O)OCc1ncc(C#C/C=C/c2nc3ccc(O)cc3s2)cn1. The standard InChI is InChI=1S/C17H12N4O3S/c18-17(23)24-10-15-19-8-11(9-20-15)3-1-2-4-16-21-13-6-5-12(22)7-14(13)25-16/h2,4-9,22H,10H2,(H2,18,23)/b4-2+. The van der Waals surface area contributed by atoms with Gasteiger partial charge in [-0.1, -0.05) is 11.8 Å². The summed E-state index contributed by atoms with van der Waals surface area (Å²) in [5, 5.41) is 10.3. The molecule has 0 radical (unpaired) electrons. The summed E-state index contributed by atoms with van der Waals surface area (Å²) in [6, 6.07) is 5.05. The molecule has 7 nitrogen and oxygen atoms in total. The Bertz CT molecular complexity index is 1000. The van der Waals surface area contributed by atoms with Gasteiger partial charge in [0.15, 0.2) is 12.4 Å². The van der Waals surface area contributed by atoms with Gasteiger partial charge in [-0.3, -0.25) is 0 Å². The van der Waals surface area contributed by atoms with Crippen LogP contribution in [0.2, 0.25) is 0 Å². The minimum absolute atomic E-state index is 0.0733. The number of ether oxygens (including phenoxy) is 1. The molecular formula is C17H12N4O3S. The van der Waals surface area contributed by atoms with E-state index in [0.717, 1.165) is 15.2 Å². The maximum atomic E-state index is 10.5. The van der Waals surface area contributed by atoms with Crippen molar-refractivity contribution in [2.45, 2.75) is 6.61 Å². The van der Waals surface area contributed by atoms with Gasteiger partial charge in [0.2, 0.25) is 0 Å². The number of carbonyl (C=O) groups is 1. The number of rotatable bonds is 3. The number of phenolic OH excluding ortho intramolecular Hbond substituents is 1. The second-order valence-electron chi connectivity index (χ2n) is 4.80. The molecule has 0 spiro atoms. The molecule has 124 valence electrons. The van der Waals surface area contributed by atoms with Crippen molar-refractivity contribution in [3.63, 3.8) is 0 Å². The number of phenols is 1. The van der Waals surface area contributed by atoms with Crippen LogP contribution in [-0.2, 0) is 11.3 Å². The Kier molecular flexibility index (Phi) is 4.87. The number of hydrogen-bond donors (Lipinski definition) is 2. The maximum absolute atomic E-state index is 10.5. The zero-order valence-electron chi connectivity index (χ0n) is 12.8. The fraction of sp³-hybridized carbons (Fsp3) is 0.0588. The number of thiazole rings is 1. The lowest BCUT2D eigenvalue weighted by Crippen LogP contribution is -2.13. The third-order valence-corrected chi connectivity index (χ3v) is 3.95. The predicted molar refractivity (Wildman–Crippen MR) is 93.6 cm³/mol. The first kappa shape index (κ1) is 16.4. The van der Waals surface area contributed by atoms with Gasteiger partial charge in [0.1, 0.15) is 10.8 Å². The first-order valence-electron chi connectivity index (χ1n) is 7.11. The van der Waals surface area contributed by atoms with Crippen molar-refractivity contribution >= 4 is 33.7 Å². The molecule has 25 heavy (non-hydrogen) atoms. The number of amides is 1. The van der Waals surface area contributed by atoms with Crippen LogP contribution in [0, 0.1) is 11.8 Å². The molecular weight excluding hydrogens is 340 g/mol. The number of fused-ring (bicyclic) bond motifs is 1. The fourth-order valence-electron chi connectivity index (χ4n) is 1.87. The van der Waals surface area contributed by atoms with Crippen LogP contribution in [0.4, 0.5) is 4.79 Å². The third-order valence-electron chi connectivity index (χ3n) is 2.96. The van der Waals surface area contributed by atoms with Gasteiger partial charge in [0, 0.05) is 12.4 Å². The molecule has 0 saturated heterocycles. The third kappa shape index (κ3) is 4.53. The summed E-state index contributed by atoms with van der Waals surface area (Å²) in [6.07, 6.45) is 5.68. The molecule has 1 amide bonds. The average molecular weight is 352 g/mol. The van der Waals surface area contributed by atoms with E-state index in [4.69, 9.17) is 5.73 Å². The normalized spacial score (nSPS) is 10.6. The van der Waals surface area contributed by atoms with Crippen LogP contribution in [0.5, 0.6) is 5.75 Å². The van der Waals surface area contributed by atoms with E-state index in [2.05, 4.69) is 31.5 Å². The van der Waals surface area contributed by atoms with Crippen LogP contribution in [0.25, 0.3) is 16.3 Å². The van der Waals surface area contributed by atoms with Crippen LogP contribution in [0.1, 0.15) is 16.4 Å². The summed E-state index contributed by atoms with van der Waals surface area (Å²) >= 11 is 1.47. The summed E-state index contributed by atoms with van der Waals surface area (Å²) in [5.41, 5.74) is 6.33. The topological polar surface area (TPSA) is 111 Å². The van der Waals surface area contributed by atoms with Gasteiger partial charge < -0.3 is 15.6 Å². The number of primary amides is 1. The van der Waals surface area contributed by atoms with Gasteiger partial charge in [-0.05, 0) is 30.4 Å². The van der Waals surface area contributed by atoms with E-state index in [1.165, 1.54) is 23.7 Å². The number of aromatic nitrogens is 3. The monoisotopic (exact) mass is 352 g/mol. The lowest BCUT2D eigenvalue weighted by atomic mass is 10.3. The lowest BCUT2D eigenvalue weighted by molar-refractivity contribution is 0.147. The van der Waals surface area contributed by atoms with E-state index in [0.29, 0.717) is 11.4 Å². The van der Waals surface area contributed by atoms with Gasteiger partial charge in [-0.25, -0.2) is 19.7 Å². The smallest absolute Gasteiger partial charge is 0.404 e. The number of benzene rings is 1. The Balaban J connectivity index is 1.64. The van der Waals surface area contributed by atoms with Crippen LogP contribution in [0.15, 0.2) is 36.7 Å². The number of allylic oxidation sites excluding steroid dienone is 1. The molecule has 0 aliphatic rings. The average Bonchev–Trinajstić information content (AvgIpc) is 2.99. The number of nitrogens with two attached hydrogens (primary N) is 1. The zero-order valence-corrected chi connectivity index (χ0v) is 13.7. The van der Waals surface area contributed by atoms with Crippen molar-refractivity contribution in [1.82, 2.24) is 15.0 Å². The van der Waals surface area contributed by atoms with Gasteiger partial charge in [0.25, 0.3) is 0 Å². The Morgan fingerprint density at radius 3 is 2.92 bits per heavy atom. The largest absolute Gasteiger partial charge is 0.508 e. The van der Waals surface area contributed by atoms with E-state index >= 15 is 0 Å². The predicted octanol–water partition coefficient (Wildman–Crippen LogP) is 2.45. The number of hydrogen-bond acceptors (Lipinski definition) is 7. The molecule has 3 N–H and O–H groups in total. The first-order valence-corrected chi connectivity index (χ1v) is 7.92. The minimum atomic E-state index is -0.873. The molecule has 1 aromatic carbocycles. The first-order chi connectivity index (χ1) is 12.1. The van der Waals surface area contributed by atoms with Crippen molar-refractivity contribution in [3.05, 3.63) is 53.1 Å². The maximum Gasteiger partial charge on any atom is 0.404 e. The Morgan fingerprint density at radius 1 is 1.36 bits per heavy atom. The van der Waals surface area contributed by atoms with Gasteiger partial charge >= 0.3 is 6.09 Å². The molecule has 0 atom stereocenters. The highest BCUT2D eigenvalue weighted by Gasteiger charge is 2.01. The molecule has 0 bridgehead atoms. The van der Waals surface area contributed by atoms with Crippen molar-refractivity contribution in [2.24, 2.45) is 5.73 Å². The lowest BCUT2D eigenvalue weighted by Gasteiger charge is -1.99. The van der Waals surface area contributed by atoms with Crippen LogP contribution >= 0.6 is 11.3 Å². The van der Waals surface area contributed by atoms with Crippen molar-refractivity contribution in [1.29, 1.82) is 0 Å². The van der Waals surface area contributed by atoms with E-state index < -0.39 is 6.09 Å². The van der Waals surface area contributed by atoms with Crippen LogP contribution in [0.3, 0.4) is 0 Å². The summed E-state index contributed by atoms with van der Waals surface area (Å²) in [6.45, 7) is -0.0733. The van der Waals surface area contributed by atoms with Gasteiger partial charge in [-0.15, -0.1) is 11.3 Å². The Morgan fingerprint density at radius 2 is 2.16 bits per heavy atom. The quantitative estimate of drug-likeness (QED) is 0.700. The molecule has 0 saturated carbocycles. The molecule has 0 aliphatic heterocycles. The highest BCUT2D eigenvalue weighted by Crippen LogP contribution is 2.26. The van der Waals surface area contributed by atoms with Crippen LogP contribution in [-0.4, -0.2) is 26.2 Å². The van der Waals surface area contributed by atoms with Crippen molar-refractivity contribution in [3.8, 4) is 17.6 Å². The molecule has 2 aromatic heterocycles. The number of nitrogens with zero attached hydrogens (tertiary/aromatic N) is 3. The Labute approximate surface area is 146 Å². The van der Waals surface area contributed by atoms with Crippen LogP contribution < -0.4 is 5.73 Å². The minimum Gasteiger partial charge on any atom is -0.508 e. The van der Waals surface area contributed by atoms with Crippen molar-refractivity contribution in [2.75, 3.05) is 0 Å². The number of carbonyl (C=O) groups excluding carboxylic acids is 1. The highest BCUT2D eigenvalue weighted by molar-refractivity contribution is 7.19. The van der Waals surface area contributed by atoms with Gasteiger partial charge in [-0.2, -0.15) is 0 Å².